The number of piperazine rings is 1. The molecule has 0 N–H and O–H groups in total. The lowest BCUT2D eigenvalue weighted by atomic mass is 10.1. The topological polar surface area (TPSA) is 50.6 Å². The molecule has 0 bridgehead atoms. The Hall–Kier alpha value is -2.60. The van der Waals surface area contributed by atoms with Crippen LogP contribution in [0.4, 0.5) is 0 Å². The summed E-state index contributed by atoms with van der Waals surface area (Å²) in [5.41, 5.74) is 3.78. The molecule has 27 heavy (non-hydrogen) atoms. The molecule has 0 radical (unpaired) electrons. The summed E-state index contributed by atoms with van der Waals surface area (Å²) in [6.45, 7) is 7.67. The second-order valence-corrected chi connectivity index (χ2v) is 6.99. The molecule has 0 aliphatic carbocycles. The van der Waals surface area contributed by atoms with Crippen LogP contribution in [0.15, 0.2) is 36.7 Å². The number of nitrogens with zero attached hydrogens (tertiary/aromatic N) is 4. The molecule has 0 amide bonds. The van der Waals surface area contributed by atoms with Gasteiger partial charge in [0.05, 0.1) is 18.7 Å². The third-order valence-corrected chi connectivity index (χ3v) is 5.28. The SMILES string of the molecule is CCOC(=O)CCN1CCN(C2=Cc3ccccc3Cn3ccnc32)CC1. The van der Waals surface area contributed by atoms with Gasteiger partial charge in [0.1, 0.15) is 0 Å². The molecule has 2 aromatic rings. The van der Waals surface area contributed by atoms with E-state index >= 15 is 0 Å². The van der Waals surface area contributed by atoms with Crippen molar-refractivity contribution < 1.29 is 9.53 Å². The Bertz CT molecular complexity index is 834. The minimum absolute atomic E-state index is 0.106. The highest BCUT2D eigenvalue weighted by atomic mass is 16.5. The predicted octanol–water partition coefficient (Wildman–Crippen LogP) is 2.31. The molecule has 0 atom stereocenters. The lowest BCUT2D eigenvalue weighted by Crippen LogP contribution is -2.46. The van der Waals surface area contributed by atoms with E-state index in [1.165, 1.54) is 16.8 Å². The molecule has 3 heterocycles. The summed E-state index contributed by atoms with van der Waals surface area (Å²) in [5, 5.41) is 0. The van der Waals surface area contributed by atoms with Crippen molar-refractivity contribution in [3.05, 3.63) is 53.6 Å². The van der Waals surface area contributed by atoms with Crippen LogP contribution in [0.1, 0.15) is 30.3 Å². The number of hydrogen-bond acceptors (Lipinski definition) is 5. The van der Waals surface area contributed by atoms with Gasteiger partial charge >= 0.3 is 5.97 Å². The molecule has 4 rings (SSSR count). The molecule has 1 fully saturated rings. The van der Waals surface area contributed by atoms with Crippen molar-refractivity contribution in [2.24, 2.45) is 0 Å². The van der Waals surface area contributed by atoms with Crippen molar-refractivity contribution in [2.45, 2.75) is 19.9 Å². The second kappa shape index (κ2) is 7.96. The van der Waals surface area contributed by atoms with Crippen LogP contribution in [0.5, 0.6) is 0 Å². The smallest absolute Gasteiger partial charge is 0.307 e. The molecule has 1 aromatic carbocycles. The first-order valence-corrected chi connectivity index (χ1v) is 9.68. The monoisotopic (exact) mass is 366 g/mol. The van der Waals surface area contributed by atoms with Crippen LogP contribution in [0.2, 0.25) is 0 Å². The molecule has 0 saturated carbocycles. The van der Waals surface area contributed by atoms with Gasteiger partial charge in [0.15, 0.2) is 5.82 Å². The molecule has 2 aliphatic heterocycles. The van der Waals surface area contributed by atoms with Gasteiger partial charge < -0.3 is 14.2 Å². The Labute approximate surface area is 160 Å². The van der Waals surface area contributed by atoms with E-state index in [4.69, 9.17) is 4.74 Å². The van der Waals surface area contributed by atoms with Gasteiger partial charge in [-0.3, -0.25) is 9.69 Å². The third-order valence-electron chi connectivity index (χ3n) is 5.28. The largest absolute Gasteiger partial charge is 0.466 e. The molecule has 142 valence electrons. The number of fused-ring (bicyclic) bond motifs is 2. The van der Waals surface area contributed by atoms with Gasteiger partial charge in [-0.15, -0.1) is 0 Å². The lowest BCUT2D eigenvalue weighted by Gasteiger charge is -2.36. The maximum atomic E-state index is 11.6. The standard InChI is InChI=1S/C21H26N4O2/c1-2-27-20(26)7-9-23-11-13-24(14-12-23)19-15-17-5-3-4-6-18(17)16-25-10-8-22-21(19)25/h3-6,8,10,15H,2,7,9,11-14,16H2,1H3. The second-order valence-electron chi connectivity index (χ2n) is 6.99. The predicted molar refractivity (Wildman–Crippen MR) is 105 cm³/mol. The van der Waals surface area contributed by atoms with E-state index in [0.29, 0.717) is 13.0 Å². The highest BCUT2D eigenvalue weighted by Crippen LogP contribution is 2.28. The molecular weight excluding hydrogens is 340 g/mol. The Kier molecular flexibility index (Phi) is 5.25. The van der Waals surface area contributed by atoms with Crippen LogP contribution in [0, 0.1) is 0 Å². The lowest BCUT2D eigenvalue weighted by molar-refractivity contribution is -0.143. The summed E-state index contributed by atoms with van der Waals surface area (Å²) in [5.74, 6) is 0.927. The van der Waals surface area contributed by atoms with Crippen molar-refractivity contribution in [1.82, 2.24) is 19.4 Å². The number of imidazole rings is 1. The van der Waals surface area contributed by atoms with E-state index in [1.54, 1.807) is 0 Å². The van der Waals surface area contributed by atoms with Gasteiger partial charge in [-0.2, -0.15) is 0 Å². The Morgan fingerprint density at radius 1 is 1.19 bits per heavy atom. The highest BCUT2D eigenvalue weighted by Gasteiger charge is 2.24. The van der Waals surface area contributed by atoms with Gasteiger partial charge in [-0.05, 0) is 24.1 Å². The number of hydrogen-bond donors (Lipinski definition) is 0. The first-order chi connectivity index (χ1) is 13.2. The first kappa shape index (κ1) is 17.8. The van der Waals surface area contributed by atoms with Crippen LogP contribution in [-0.2, 0) is 16.1 Å². The van der Waals surface area contributed by atoms with Gasteiger partial charge in [0.2, 0.25) is 0 Å². The van der Waals surface area contributed by atoms with Crippen molar-refractivity contribution in [2.75, 3.05) is 39.3 Å². The summed E-state index contributed by atoms with van der Waals surface area (Å²) in [6, 6.07) is 8.55. The van der Waals surface area contributed by atoms with E-state index in [0.717, 1.165) is 45.1 Å². The Morgan fingerprint density at radius 2 is 2.00 bits per heavy atom. The fourth-order valence-corrected chi connectivity index (χ4v) is 3.81. The van der Waals surface area contributed by atoms with E-state index < -0.39 is 0 Å². The zero-order chi connectivity index (χ0) is 18.6. The minimum Gasteiger partial charge on any atom is -0.466 e. The van der Waals surface area contributed by atoms with Gasteiger partial charge in [-0.1, -0.05) is 24.3 Å². The van der Waals surface area contributed by atoms with Crippen LogP contribution in [0.25, 0.3) is 11.8 Å². The fraction of sp³-hybridized carbons (Fsp3) is 0.429. The average molecular weight is 366 g/mol. The van der Waals surface area contributed by atoms with Crippen LogP contribution >= 0.6 is 0 Å². The zero-order valence-corrected chi connectivity index (χ0v) is 15.8. The van der Waals surface area contributed by atoms with Crippen LogP contribution in [0.3, 0.4) is 0 Å². The number of aromatic nitrogens is 2. The van der Waals surface area contributed by atoms with Crippen molar-refractivity contribution in [1.29, 1.82) is 0 Å². The van der Waals surface area contributed by atoms with Crippen molar-refractivity contribution >= 4 is 17.7 Å². The Balaban J connectivity index is 1.46. The molecule has 1 saturated heterocycles. The molecule has 2 aliphatic rings. The van der Waals surface area contributed by atoms with E-state index in [-0.39, 0.29) is 5.97 Å². The minimum atomic E-state index is -0.106. The van der Waals surface area contributed by atoms with E-state index in [1.807, 2.05) is 13.1 Å². The molecule has 0 spiro atoms. The number of ether oxygens (including phenoxy) is 1. The molecule has 0 unspecified atom stereocenters. The van der Waals surface area contributed by atoms with E-state index in [9.17, 15) is 4.79 Å². The molecular formula is C21H26N4O2. The summed E-state index contributed by atoms with van der Waals surface area (Å²) < 4.78 is 7.26. The molecule has 6 nitrogen and oxygen atoms in total. The number of carbonyl (C=O) groups excluding carboxylic acids is 1. The third kappa shape index (κ3) is 3.90. The highest BCUT2D eigenvalue weighted by molar-refractivity contribution is 5.80. The summed E-state index contributed by atoms with van der Waals surface area (Å²) in [6.07, 6.45) is 6.68. The average Bonchev–Trinajstić information content (AvgIpc) is 3.08. The van der Waals surface area contributed by atoms with Gasteiger partial charge in [-0.25, -0.2) is 4.98 Å². The first-order valence-electron chi connectivity index (χ1n) is 9.68. The van der Waals surface area contributed by atoms with Gasteiger partial charge in [0, 0.05) is 51.7 Å². The van der Waals surface area contributed by atoms with Crippen LogP contribution in [-0.4, -0.2) is 64.7 Å². The fourth-order valence-electron chi connectivity index (χ4n) is 3.81. The maximum Gasteiger partial charge on any atom is 0.307 e. The number of rotatable bonds is 5. The Morgan fingerprint density at radius 3 is 2.81 bits per heavy atom. The van der Waals surface area contributed by atoms with Gasteiger partial charge in [0.25, 0.3) is 0 Å². The van der Waals surface area contributed by atoms with E-state index in [2.05, 4.69) is 55.9 Å². The number of esters is 1. The summed E-state index contributed by atoms with van der Waals surface area (Å²) >= 11 is 0. The molecule has 1 aromatic heterocycles. The van der Waals surface area contributed by atoms with Crippen molar-refractivity contribution in [3.8, 4) is 0 Å². The zero-order valence-electron chi connectivity index (χ0n) is 15.8. The quantitative estimate of drug-likeness (QED) is 0.760. The maximum absolute atomic E-state index is 11.6. The summed E-state index contributed by atoms with van der Waals surface area (Å²) in [4.78, 5) is 21.0. The normalized spacial score (nSPS) is 16.9. The number of carbonyl (C=O) groups is 1. The summed E-state index contributed by atoms with van der Waals surface area (Å²) in [7, 11) is 0. The molecule has 6 heteroatoms. The van der Waals surface area contributed by atoms with Crippen molar-refractivity contribution in [3.63, 3.8) is 0 Å². The van der Waals surface area contributed by atoms with Crippen LogP contribution < -0.4 is 0 Å². The number of benzene rings is 1.